The van der Waals surface area contributed by atoms with Gasteiger partial charge in [0.2, 0.25) is 0 Å². The molecule has 0 aromatic heterocycles. The van der Waals surface area contributed by atoms with Crippen LogP contribution in [0.1, 0.15) is 26.2 Å². The van der Waals surface area contributed by atoms with Gasteiger partial charge >= 0.3 is 5.97 Å². The third-order valence-corrected chi connectivity index (χ3v) is 1.37. The Kier molecular flexibility index (Phi) is 8.12. The summed E-state index contributed by atoms with van der Waals surface area (Å²) in [6, 6.07) is 0. The third-order valence-electron chi connectivity index (χ3n) is 1.37. The van der Waals surface area contributed by atoms with E-state index in [1.807, 2.05) is 6.92 Å². The molecule has 0 aliphatic rings. The van der Waals surface area contributed by atoms with Crippen LogP contribution in [0, 0.1) is 6.92 Å². The van der Waals surface area contributed by atoms with Crippen molar-refractivity contribution in [3.8, 4) is 0 Å². The Labute approximate surface area is 74.0 Å². The predicted molar refractivity (Wildman–Crippen MR) is 46.7 cm³/mol. The van der Waals surface area contributed by atoms with E-state index in [0.717, 1.165) is 12.8 Å². The second-order valence-electron chi connectivity index (χ2n) is 2.37. The van der Waals surface area contributed by atoms with Crippen LogP contribution in [0.2, 0.25) is 0 Å². The van der Waals surface area contributed by atoms with Crippen LogP contribution in [0.4, 0.5) is 0 Å². The van der Waals surface area contributed by atoms with Crippen molar-refractivity contribution in [3.05, 3.63) is 6.92 Å². The Morgan fingerprint density at radius 2 is 2.17 bits per heavy atom. The summed E-state index contributed by atoms with van der Waals surface area (Å²) in [6.45, 7) is 6.99. The summed E-state index contributed by atoms with van der Waals surface area (Å²) in [6.07, 6.45) is 2.22. The summed E-state index contributed by atoms with van der Waals surface area (Å²) in [5, 5.41) is 0. The standard InChI is InChI=1S/C9H17O3/c1-3-11-8-6-5-7-9(10)12-4-2/h1,3-8H2,2H3. The molecule has 3 nitrogen and oxygen atoms in total. The number of esters is 1. The molecule has 0 fully saturated rings. The van der Waals surface area contributed by atoms with E-state index in [1.165, 1.54) is 0 Å². The van der Waals surface area contributed by atoms with E-state index >= 15 is 0 Å². The minimum atomic E-state index is -0.118. The molecule has 0 heterocycles. The van der Waals surface area contributed by atoms with Crippen molar-refractivity contribution in [3.63, 3.8) is 0 Å². The maximum Gasteiger partial charge on any atom is 0.305 e. The number of rotatable bonds is 7. The van der Waals surface area contributed by atoms with Gasteiger partial charge in [-0.15, -0.1) is 0 Å². The summed E-state index contributed by atoms with van der Waals surface area (Å²) in [7, 11) is 0. The lowest BCUT2D eigenvalue weighted by atomic mass is 10.2. The van der Waals surface area contributed by atoms with E-state index < -0.39 is 0 Å². The van der Waals surface area contributed by atoms with Crippen molar-refractivity contribution in [2.24, 2.45) is 0 Å². The molecule has 0 rings (SSSR count). The Bertz CT molecular complexity index is 112. The number of hydrogen-bond donors (Lipinski definition) is 0. The van der Waals surface area contributed by atoms with E-state index in [9.17, 15) is 4.79 Å². The Morgan fingerprint density at radius 1 is 1.42 bits per heavy atom. The quantitative estimate of drug-likeness (QED) is 0.433. The molecule has 0 spiro atoms. The summed E-state index contributed by atoms with van der Waals surface area (Å²) >= 11 is 0. The monoisotopic (exact) mass is 173 g/mol. The zero-order valence-electron chi connectivity index (χ0n) is 7.67. The van der Waals surface area contributed by atoms with Crippen LogP contribution >= 0.6 is 0 Å². The zero-order chi connectivity index (χ0) is 9.23. The summed E-state index contributed by atoms with van der Waals surface area (Å²) in [4.78, 5) is 10.8. The zero-order valence-corrected chi connectivity index (χ0v) is 7.67. The fourth-order valence-corrected chi connectivity index (χ4v) is 0.809. The van der Waals surface area contributed by atoms with Crippen molar-refractivity contribution >= 4 is 5.97 Å². The van der Waals surface area contributed by atoms with Gasteiger partial charge in [0.1, 0.15) is 0 Å². The predicted octanol–water partition coefficient (Wildman–Crippen LogP) is 1.57. The lowest BCUT2D eigenvalue weighted by molar-refractivity contribution is -0.143. The molecule has 0 bridgehead atoms. The van der Waals surface area contributed by atoms with Gasteiger partial charge in [-0.3, -0.25) is 4.79 Å². The van der Waals surface area contributed by atoms with Gasteiger partial charge in [0.05, 0.1) is 6.61 Å². The molecule has 0 saturated carbocycles. The first kappa shape index (κ1) is 11.4. The Hall–Kier alpha value is -0.570. The summed E-state index contributed by atoms with van der Waals surface area (Å²) in [5.41, 5.74) is 0. The van der Waals surface area contributed by atoms with Crippen LogP contribution in [0.3, 0.4) is 0 Å². The highest BCUT2D eigenvalue weighted by molar-refractivity contribution is 5.69. The molecular formula is C9H17O3. The van der Waals surface area contributed by atoms with E-state index in [2.05, 4.69) is 6.92 Å². The number of unbranched alkanes of at least 4 members (excludes halogenated alkanes) is 1. The molecule has 0 aliphatic carbocycles. The largest absolute Gasteiger partial charge is 0.466 e. The van der Waals surface area contributed by atoms with Crippen molar-refractivity contribution in [1.82, 2.24) is 0 Å². The minimum absolute atomic E-state index is 0.118. The molecule has 1 radical (unpaired) electrons. The lowest BCUT2D eigenvalue weighted by Crippen LogP contribution is -2.04. The summed E-state index contributed by atoms with van der Waals surface area (Å²) < 4.78 is 9.77. The molecule has 12 heavy (non-hydrogen) atoms. The van der Waals surface area contributed by atoms with Gasteiger partial charge in [-0.25, -0.2) is 0 Å². The fraction of sp³-hybridized carbons (Fsp3) is 0.778. The fourth-order valence-electron chi connectivity index (χ4n) is 0.809. The van der Waals surface area contributed by atoms with E-state index in [4.69, 9.17) is 9.47 Å². The maximum absolute atomic E-state index is 10.8. The van der Waals surface area contributed by atoms with Crippen LogP contribution in [-0.2, 0) is 14.3 Å². The SMILES string of the molecule is [CH2]COCCCCC(=O)OCC. The third kappa shape index (κ3) is 7.54. The molecule has 0 unspecified atom stereocenters. The van der Waals surface area contributed by atoms with Crippen molar-refractivity contribution in [2.75, 3.05) is 19.8 Å². The molecule has 0 atom stereocenters. The number of carbonyl (C=O) groups is 1. The molecule has 0 aromatic rings. The van der Waals surface area contributed by atoms with Crippen LogP contribution in [-0.4, -0.2) is 25.8 Å². The summed E-state index contributed by atoms with van der Waals surface area (Å²) in [5.74, 6) is -0.118. The number of ether oxygens (including phenoxy) is 2. The first-order chi connectivity index (χ1) is 5.81. The topological polar surface area (TPSA) is 35.5 Å². The first-order valence-corrected chi connectivity index (χ1v) is 4.33. The molecule has 0 saturated heterocycles. The van der Waals surface area contributed by atoms with Gasteiger partial charge in [0, 0.05) is 19.6 Å². The first-order valence-electron chi connectivity index (χ1n) is 4.33. The van der Waals surface area contributed by atoms with Crippen molar-refractivity contribution in [2.45, 2.75) is 26.2 Å². The van der Waals surface area contributed by atoms with E-state index in [0.29, 0.717) is 26.2 Å². The number of hydrogen-bond acceptors (Lipinski definition) is 3. The average Bonchev–Trinajstić information content (AvgIpc) is 2.05. The minimum Gasteiger partial charge on any atom is -0.466 e. The van der Waals surface area contributed by atoms with E-state index in [-0.39, 0.29) is 5.97 Å². The maximum atomic E-state index is 10.8. The molecule has 0 N–H and O–H groups in total. The van der Waals surface area contributed by atoms with Crippen LogP contribution < -0.4 is 0 Å². The van der Waals surface area contributed by atoms with E-state index in [1.54, 1.807) is 0 Å². The highest BCUT2D eigenvalue weighted by Gasteiger charge is 1.99. The van der Waals surface area contributed by atoms with Crippen LogP contribution in [0.15, 0.2) is 0 Å². The molecule has 0 aromatic carbocycles. The van der Waals surface area contributed by atoms with Gasteiger partial charge in [0.15, 0.2) is 0 Å². The van der Waals surface area contributed by atoms with Gasteiger partial charge in [-0.2, -0.15) is 0 Å². The van der Waals surface area contributed by atoms with Gasteiger partial charge in [0.25, 0.3) is 0 Å². The smallest absolute Gasteiger partial charge is 0.305 e. The molecule has 3 heteroatoms. The van der Waals surface area contributed by atoms with Gasteiger partial charge < -0.3 is 9.47 Å². The van der Waals surface area contributed by atoms with Crippen molar-refractivity contribution < 1.29 is 14.3 Å². The molecule has 71 valence electrons. The average molecular weight is 173 g/mol. The van der Waals surface area contributed by atoms with Gasteiger partial charge in [-0.05, 0) is 26.7 Å². The lowest BCUT2D eigenvalue weighted by Gasteiger charge is -2.01. The van der Waals surface area contributed by atoms with Gasteiger partial charge in [-0.1, -0.05) is 0 Å². The Balaban J connectivity index is 3.03. The normalized spacial score (nSPS) is 9.83. The molecular weight excluding hydrogens is 156 g/mol. The van der Waals surface area contributed by atoms with Crippen molar-refractivity contribution in [1.29, 1.82) is 0 Å². The van der Waals surface area contributed by atoms with Crippen LogP contribution in [0.5, 0.6) is 0 Å². The Morgan fingerprint density at radius 3 is 2.75 bits per heavy atom. The molecule has 0 aliphatic heterocycles. The highest BCUT2D eigenvalue weighted by atomic mass is 16.5. The second kappa shape index (κ2) is 8.53. The highest BCUT2D eigenvalue weighted by Crippen LogP contribution is 1.97. The molecule has 0 amide bonds. The number of carbonyl (C=O) groups excluding carboxylic acids is 1. The second-order valence-corrected chi connectivity index (χ2v) is 2.37. The van der Waals surface area contributed by atoms with Crippen LogP contribution in [0.25, 0.3) is 0 Å².